The van der Waals surface area contributed by atoms with Crippen LogP contribution in [0.25, 0.3) is 0 Å². The second-order valence-corrected chi connectivity index (χ2v) is 6.73. The molecule has 1 aliphatic rings. The number of sulfonamides is 1. The van der Waals surface area contributed by atoms with Crippen molar-refractivity contribution in [3.05, 3.63) is 23.8 Å². The van der Waals surface area contributed by atoms with Crippen LogP contribution in [0.5, 0.6) is 5.75 Å². The second-order valence-electron chi connectivity index (χ2n) is 5.02. The molecule has 9 heteroatoms. The van der Waals surface area contributed by atoms with Crippen molar-refractivity contribution in [3.63, 3.8) is 0 Å². The van der Waals surface area contributed by atoms with Gasteiger partial charge in [-0.2, -0.15) is 0 Å². The molecule has 1 fully saturated rings. The van der Waals surface area contributed by atoms with Gasteiger partial charge in [0, 0.05) is 18.7 Å². The van der Waals surface area contributed by atoms with Crippen molar-refractivity contribution in [2.45, 2.75) is 23.8 Å². The van der Waals surface area contributed by atoms with Crippen molar-refractivity contribution in [3.8, 4) is 5.75 Å². The normalized spacial score (nSPS) is 17.9. The third kappa shape index (κ3) is 4.81. The van der Waals surface area contributed by atoms with E-state index in [1.165, 1.54) is 32.4 Å². The largest absolute Gasteiger partial charge is 0.496 e. The zero-order chi connectivity index (χ0) is 16.2. The monoisotopic (exact) mass is 364 g/mol. The van der Waals surface area contributed by atoms with Gasteiger partial charge in [-0.1, -0.05) is 0 Å². The Morgan fingerprint density at radius 2 is 2.09 bits per heavy atom. The second kappa shape index (κ2) is 8.49. The molecular formula is C14H21ClN2O5S. The molecule has 1 unspecified atom stereocenters. The number of hydrogen-bond donors (Lipinski definition) is 2. The van der Waals surface area contributed by atoms with Gasteiger partial charge in [-0.3, -0.25) is 0 Å². The van der Waals surface area contributed by atoms with Gasteiger partial charge in [0.2, 0.25) is 10.0 Å². The molecule has 0 bridgehead atoms. The average molecular weight is 365 g/mol. The number of hydrogen-bond acceptors (Lipinski definition) is 6. The predicted molar refractivity (Wildman–Crippen MR) is 87.8 cm³/mol. The minimum atomic E-state index is -3.66. The first-order chi connectivity index (χ1) is 10.5. The molecule has 2 N–H and O–H groups in total. The van der Waals surface area contributed by atoms with Crippen LogP contribution < -0.4 is 14.8 Å². The van der Waals surface area contributed by atoms with Crippen LogP contribution in [0.4, 0.5) is 0 Å². The molecule has 0 amide bonds. The highest BCUT2D eigenvalue weighted by Crippen LogP contribution is 2.24. The lowest BCUT2D eigenvalue weighted by Gasteiger charge is -2.23. The van der Waals surface area contributed by atoms with E-state index in [9.17, 15) is 13.2 Å². The third-order valence-corrected chi connectivity index (χ3v) is 5.03. The molecular weight excluding hydrogens is 344 g/mol. The fraction of sp³-hybridized carbons (Fsp3) is 0.500. The Labute approximate surface area is 142 Å². The van der Waals surface area contributed by atoms with E-state index in [1.807, 2.05) is 0 Å². The molecule has 1 atom stereocenters. The number of carbonyl (C=O) groups is 1. The van der Waals surface area contributed by atoms with E-state index in [4.69, 9.17) is 4.74 Å². The van der Waals surface area contributed by atoms with E-state index in [-0.39, 0.29) is 34.7 Å². The van der Waals surface area contributed by atoms with Crippen molar-refractivity contribution in [2.75, 3.05) is 27.3 Å². The number of rotatable bonds is 5. The highest BCUT2D eigenvalue weighted by atomic mass is 35.5. The van der Waals surface area contributed by atoms with Gasteiger partial charge in [0.25, 0.3) is 0 Å². The van der Waals surface area contributed by atoms with Crippen molar-refractivity contribution in [1.29, 1.82) is 0 Å². The van der Waals surface area contributed by atoms with Gasteiger partial charge in [0.1, 0.15) is 11.3 Å². The zero-order valence-electron chi connectivity index (χ0n) is 13.0. The number of benzene rings is 1. The molecule has 1 aliphatic heterocycles. The number of halogens is 1. The van der Waals surface area contributed by atoms with Gasteiger partial charge >= 0.3 is 5.97 Å². The van der Waals surface area contributed by atoms with Crippen molar-refractivity contribution in [1.82, 2.24) is 10.0 Å². The maximum absolute atomic E-state index is 12.4. The number of ether oxygens (including phenoxy) is 2. The average Bonchev–Trinajstić information content (AvgIpc) is 2.54. The van der Waals surface area contributed by atoms with Crippen molar-refractivity contribution >= 4 is 28.4 Å². The molecule has 0 aliphatic carbocycles. The van der Waals surface area contributed by atoms with Crippen molar-refractivity contribution < 1.29 is 22.7 Å². The minimum absolute atomic E-state index is 0. The molecule has 1 saturated heterocycles. The molecule has 0 aromatic heterocycles. The summed E-state index contributed by atoms with van der Waals surface area (Å²) in [6.45, 7) is 1.51. The molecule has 1 heterocycles. The molecule has 7 nitrogen and oxygen atoms in total. The van der Waals surface area contributed by atoms with E-state index in [2.05, 4.69) is 14.8 Å². The highest BCUT2D eigenvalue weighted by Gasteiger charge is 2.23. The number of piperidine rings is 1. The summed E-state index contributed by atoms with van der Waals surface area (Å²) in [5.74, 6) is -0.415. The summed E-state index contributed by atoms with van der Waals surface area (Å²) in [6, 6.07) is 3.95. The Morgan fingerprint density at radius 1 is 1.35 bits per heavy atom. The lowest BCUT2D eigenvalue weighted by atomic mass is 10.1. The molecule has 0 spiro atoms. The molecule has 130 valence electrons. The maximum atomic E-state index is 12.4. The van der Waals surface area contributed by atoms with Gasteiger partial charge in [-0.15, -0.1) is 12.4 Å². The van der Waals surface area contributed by atoms with E-state index in [1.54, 1.807) is 0 Å². The lowest BCUT2D eigenvalue weighted by Crippen LogP contribution is -2.45. The van der Waals surface area contributed by atoms with Crippen LogP contribution in [0.1, 0.15) is 23.2 Å². The SMILES string of the molecule is COC(=O)c1ccc(S(=O)(=O)NC2CCCNC2)cc1OC.Cl. The van der Waals surface area contributed by atoms with Crippen molar-refractivity contribution in [2.24, 2.45) is 0 Å². The summed E-state index contributed by atoms with van der Waals surface area (Å²) >= 11 is 0. The summed E-state index contributed by atoms with van der Waals surface area (Å²) < 4.78 is 37.2. The minimum Gasteiger partial charge on any atom is -0.496 e. The van der Waals surface area contributed by atoms with Crippen LogP contribution >= 0.6 is 12.4 Å². The zero-order valence-corrected chi connectivity index (χ0v) is 14.6. The van der Waals surface area contributed by atoms with Crippen LogP contribution in [0.15, 0.2) is 23.1 Å². The van der Waals surface area contributed by atoms with E-state index >= 15 is 0 Å². The third-order valence-electron chi connectivity index (χ3n) is 3.51. The first kappa shape index (κ1) is 19.7. The first-order valence-electron chi connectivity index (χ1n) is 6.97. The molecule has 1 aromatic rings. The first-order valence-corrected chi connectivity index (χ1v) is 8.45. The fourth-order valence-electron chi connectivity index (χ4n) is 2.36. The maximum Gasteiger partial charge on any atom is 0.341 e. The van der Waals surface area contributed by atoms with Gasteiger partial charge in [0.05, 0.1) is 19.1 Å². The summed E-state index contributed by atoms with van der Waals surface area (Å²) in [7, 11) is -1.04. The number of nitrogens with one attached hydrogen (secondary N) is 2. The number of methoxy groups -OCH3 is 2. The molecule has 0 saturated carbocycles. The Morgan fingerprint density at radius 3 is 2.65 bits per heavy atom. The Hall–Kier alpha value is -1.35. The van der Waals surface area contributed by atoms with Crippen LogP contribution in [-0.4, -0.2) is 47.7 Å². The molecule has 2 rings (SSSR count). The summed E-state index contributed by atoms with van der Waals surface area (Å²) in [6.07, 6.45) is 1.72. The van der Waals surface area contributed by atoms with Gasteiger partial charge < -0.3 is 14.8 Å². The number of esters is 1. The quantitative estimate of drug-likeness (QED) is 0.755. The lowest BCUT2D eigenvalue weighted by molar-refractivity contribution is 0.0597. The summed E-state index contributed by atoms with van der Waals surface area (Å²) in [5.41, 5.74) is 0.184. The van der Waals surface area contributed by atoms with Crippen LogP contribution in [0.2, 0.25) is 0 Å². The van der Waals surface area contributed by atoms with Gasteiger partial charge in [-0.25, -0.2) is 17.9 Å². The van der Waals surface area contributed by atoms with Crippen LogP contribution in [0, 0.1) is 0 Å². The van der Waals surface area contributed by atoms with Crippen LogP contribution in [-0.2, 0) is 14.8 Å². The Kier molecular flexibility index (Phi) is 7.27. The van der Waals surface area contributed by atoms with E-state index < -0.39 is 16.0 Å². The van der Waals surface area contributed by atoms with E-state index in [0.29, 0.717) is 6.54 Å². The molecule has 1 aromatic carbocycles. The van der Waals surface area contributed by atoms with Crippen LogP contribution in [0.3, 0.4) is 0 Å². The standard InChI is InChI=1S/C14H20N2O5S.ClH/c1-20-13-8-11(5-6-12(13)14(17)21-2)22(18,19)16-10-4-3-7-15-9-10;/h5-6,8,10,15-16H,3-4,7,9H2,1-2H3;1H. The number of carbonyl (C=O) groups excluding carboxylic acids is 1. The predicted octanol–water partition coefficient (Wildman–Crippen LogP) is 0.934. The highest BCUT2D eigenvalue weighted by molar-refractivity contribution is 7.89. The smallest absolute Gasteiger partial charge is 0.341 e. The van der Waals surface area contributed by atoms with Gasteiger partial charge in [0.15, 0.2) is 0 Å². The Bertz CT molecular complexity index is 645. The Balaban J connectivity index is 0.00000264. The topological polar surface area (TPSA) is 93.7 Å². The van der Waals surface area contributed by atoms with Gasteiger partial charge in [-0.05, 0) is 31.5 Å². The fourth-order valence-corrected chi connectivity index (χ4v) is 3.64. The molecule has 0 radical (unpaired) electrons. The summed E-state index contributed by atoms with van der Waals surface area (Å²) in [5, 5.41) is 3.15. The van der Waals surface area contributed by atoms with E-state index in [0.717, 1.165) is 19.4 Å². The molecule has 23 heavy (non-hydrogen) atoms. The summed E-state index contributed by atoms with van der Waals surface area (Å²) in [4.78, 5) is 11.7.